The maximum absolute atomic E-state index is 13.6. The van der Waals surface area contributed by atoms with Gasteiger partial charge < -0.3 is 10.2 Å². The zero-order valence-electron chi connectivity index (χ0n) is 18.2. The molecule has 172 valence electrons. The van der Waals surface area contributed by atoms with E-state index >= 15 is 0 Å². The molecule has 4 nitrogen and oxygen atoms in total. The van der Waals surface area contributed by atoms with Crippen LogP contribution in [-0.2, 0) is 29.0 Å². The first-order chi connectivity index (χ1) is 15.9. The Morgan fingerprint density at radius 1 is 0.848 bits per heavy atom. The van der Waals surface area contributed by atoms with E-state index in [4.69, 9.17) is 34.8 Å². The fourth-order valence-corrected chi connectivity index (χ4v) is 4.14. The zero-order chi connectivity index (χ0) is 23.8. The van der Waals surface area contributed by atoms with Crippen LogP contribution in [0, 0.1) is 0 Å². The van der Waals surface area contributed by atoms with Crippen LogP contribution >= 0.6 is 34.8 Å². The molecule has 0 aliphatic heterocycles. The monoisotopic (exact) mass is 502 g/mol. The number of amides is 2. The van der Waals surface area contributed by atoms with Gasteiger partial charge in [-0.1, -0.05) is 83.3 Å². The minimum absolute atomic E-state index is 0.118. The van der Waals surface area contributed by atoms with E-state index in [-0.39, 0.29) is 24.8 Å². The van der Waals surface area contributed by atoms with Crippen LogP contribution in [0.1, 0.15) is 23.6 Å². The lowest BCUT2D eigenvalue weighted by Gasteiger charge is -2.31. The fourth-order valence-electron chi connectivity index (χ4n) is 3.60. The van der Waals surface area contributed by atoms with Gasteiger partial charge in [-0.2, -0.15) is 0 Å². The molecule has 0 aliphatic carbocycles. The van der Waals surface area contributed by atoms with E-state index in [2.05, 4.69) is 5.32 Å². The van der Waals surface area contributed by atoms with Gasteiger partial charge in [-0.05, 0) is 47.9 Å². The van der Waals surface area contributed by atoms with Crippen LogP contribution in [-0.4, -0.2) is 29.3 Å². The molecule has 2 amide bonds. The predicted molar refractivity (Wildman–Crippen MR) is 135 cm³/mol. The van der Waals surface area contributed by atoms with Crippen LogP contribution in [0.2, 0.25) is 15.1 Å². The summed E-state index contributed by atoms with van der Waals surface area (Å²) in [4.78, 5) is 28.3. The fraction of sp³-hybridized carbons (Fsp3) is 0.231. The van der Waals surface area contributed by atoms with Crippen LogP contribution in [0.3, 0.4) is 0 Å². The SMILES string of the molecule is CCNC(=O)[C@H](Cc1ccccc1)N(Cc1ccc(Cl)c(Cl)c1)C(=O)Cc1cccc(Cl)c1. The molecule has 3 aromatic carbocycles. The molecule has 0 saturated carbocycles. The normalized spacial score (nSPS) is 11.6. The number of benzene rings is 3. The van der Waals surface area contributed by atoms with Crippen LogP contribution in [0.15, 0.2) is 72.8 Å². The maximum atomic E-state index is 13.6. The Bertz CT molecular complexity index is 1110. The first-order valence-corrected chi connectivity index (χ1v) is 11.8. The van der Waals surface area contributed by atoms with Crippen molar-refractivity contribution in [3.63, 3.8) is 0 Å². The Labute approximate surface area is 209 Å². The second-order valence-corrected chi connectivity index (χ2v) is 8.93. The Hall–Kier alpha value is -2.53. The molecule has 0 heterocycles. The Morgan fingerprint density at radius 2 is 1.58 bits per heavy atom. The Balaban J connectivity index is 1.97. The van der Waals surface area contributed by atoms with Crippen molar-refractivity contribution >= 4 is 46.6 Å². The highest BCUT2D eigenvalue weighted by atomic mass is 35.5. The average Bonchev–Trinajstić information content (AvgIpc) is 2.79. The van der Waals surface area contributed by atoms with Gasteiger partial charge in [-0.15, -0.1) is 0 Å². The molecular formula is C26H25Cl3N2O2. The molecule has 33 heavy (non-hydrogen) atoms. The number of likely N-dealkylation sites (N-methyl/N-ethyl adjacent to an activating group) is 1. The van der Waals surface area contributed by atoms with E-state index in [1.807, 2.05) is 49.4 Å². The maximum Gasteiger partial charge on any atom is 0.243 e. The summed E-state index contributed by atoms with van der Waals surface area (Å²) in [7, 11) is 0. The average molecular weight is 504 g/mol. The molecule has 0 bridgehead atoms. The summed E-state index contributed by atoms with van der Waals surface area (Å²) >= 11 is 18.4. The molecule has 1 atom stereocenters. The van der Waals surface area contributed by atoms with E-state index in [0.717, 1.165) is 16.7 Å². The van der Waals surface area contributed by atoms with Gasteiger partial charge in [0.2, 0.25) is 11.8 Å². The number of hydrogen-bond acceptors (Lipinski definition) is 2. The van der Waals surface area contributed by atoms with Crippen molar-refractivity contribution in [1.29, 1.82) is 0 Å². The van der Waals surface area contributed by atoms with Gasteiger partial charge in [-0.25, -0.2) is 0 Å². The van der Waals surface area contributed by atoms with Crippen LogP contribution in [0.4, 0.5) is 0 Å². The molecule has 0 radical (unpaired) electrons. The first-order valence-electron chi connectivity index (χ1n) is 10.7. The van der Waals surface area contributed by atoms with Crippen molar-refractivity contribution in [2.75, 3.05) is 6.54 Å². The molecule has 0 saturated heterocycles. The molecule has 3 aromatic rings. The standard InChI is InChI=1S/C26H25Cl3N2O2/c1-2-30-26(33)24(15-18-7-4-3-5-8-18)31(17-20-11-12-22(28)23(29)14-20)25(32)16-19-9-6-10-21(27)13-19/h3-14,24H,2,15-17H2,1H3,(H,30,33)/t24-/m0/s1. The van der Waals surface area contributed by atoms with Crippen molar-refractivity contribution in [3.05, 3.63) is 105 Å². The Kier molecular flexibility index (Phi) is 9.19. The number of rotatable bonds is 9. The van der Waals surface area contributed by atoms with Gasteiger partial charge in [0.25, 0.3) is 0 Å². The molecule has 0 unspecified atom stereocenters. The van der Waals surface area contributed by atoms with Gasteiger partial charge in [0.1, 0.15) is 6.04 Å². The lowest BCUT2D eigenvalue weighted by atomic mass is 10.0. The molecule has 0 fully saturated rings. The van der Waals surface area contributed by atoms with Gasteiger partial charge in [0, 0.05) is 24.5 Å². The molecule has 0 aliphatic rings. The third-order valence-electron chi connectivity index (χ3n) is 5.20. The Morgan fingerprint density at radius 3 is 2.24 bits per heavy atom. The number of halogens is 3. The lowest BCUT2D eigenvalue weighted by Crippen LogP contribution is -2.50. The zero-order valence-corrected chi connectivity index (χ0v) is 20.5. The van der Waals surface area contributed by atoms with Gasteiger partial charge >= 0.3 is 0 Å². The summed E-state index contributed by atoms with van der Waals surface area (Å²) in [6.45, 7) is 2.53. The molecule has 7 heteroatoms. The van der Waals surface area contributed by atoms with Crippen LogP contribution < -0.4 is 5.32 Å². The van der Waals surface area contributed by atoms with E-state index in [0.29, 0.717) is 28.0 Å². The lowest BCUT2D eigenvalue weighted by molar-refractivity contribution is -0.140. The van der Waals surface area contributed by atoms with Crippen molar-refractivity contribution < 1.29 is 9.59 Å². The summed E-state index contributed by atoms with van der Waals surface area (Å²) in [5, 5.41) is 4.27. The summed E-state index contributed by atoms with van der Waals surface area (Å²) in [5.41, 5.74) is 2.52. The van der Waals surface area contributed by atoms with Crippen molar-refractivity contribution in [2.45, 2.75) is 32.4 Å². The van der Waals surface area contributed by atoms with Crippen molar-refractivity contribution in [3.8, 4) is 0 Å². The predicted octanol–water partition coefficient (Wildman–Crippen LogP) is 5.97. The van der Waals surface area contributed by atoms with Crippen LogP contribution in [0.25, 0.3) is 0 Å². The van der Waals surface area contributed by atoms with E-state index in [9.17, 15) is 9.59 Å². The summed E-state index contributed by atoms with van der Waals surface area (Å²) in [5.74, 6) is -0.392. The number of carbonyl (C=O) groups is 2. The molecule has 1 N–H and O–H groups in total. The van der Waals surface area contributed by atoms with Gasteiger partial charge in [0.05, 0.1) is 16.5 Å². The first kappa shape index (κ1) is 25.1. The van der Waals surface area contributed by atoms with Crippen molar-refractivity contribution in [2.24, 2.45) is 0 Å². The molecule has 0 spiro atoms. The third kappa shape index (κ3) is 7.23. The molecule has 0 aromatic heterocycles. The topological polar surface area (TPSA) is 49.4 Å². The third-order valence-corrected chi connectivity index (χ3v) is 6.18. The minimum Gasteiger partial charge on any atom is -0.355 e. The number of hydrogen-bond donors (Lipinski definition) is 1. The highest BCUT2D eigenvalue weighted by Gasteiger charge is 2.30. The number of carbonyl (C=O) groups excluding carboxylic acids is 2. The second kappa shape index (κ2) is 12.1. The summed E-state index contributed by atoms with van der Waals surface area (Å²) < 4.78 is 0. The van der Waals surface area contributed by atoms with E-state index < -0.39 is 6.04 Å². The smallest absolute Gasteiger partial charge is 0.243 e. The van der Waals surface area contributed by atoms with Crippen molar-refractivity contribution in [1.82, 2.24) is 10.2 Å². The van der Waals surface area contributed by atoms with Gasteiger partial charge in [0.15, 0.2) is 0 Å². The quantitative estimate of drug-likeness (QED) is 0.391. The second-order valence-electron chi connectivity index (χ2n) is 7.68. The molecular weight excluding hydrogens is 479 g/mol. The van der Waals surface area contributed by atoms with E-state index in [1.165, 1.54) is 0 Å². The minimum atomic E-state index is -0.700. The highest BCUT2D eigenvalue weighted by Crippen LogP contribution is 2.25. The largest absolute Gasteiger partial charge is 0.355 e. The van der Waals surface area contributed by atoms with Crippen LogP contribution in [0.5, 0.6) is 0 Å². The summed E-state index contributed by atoms with van der Waals surface area (Å²) in [6, 6.07) is 21.3. The summed E-state index contributed by atoms with van der Waals surface area (Å²) in [6.07, 6.45) is 0.502. The van der Waals surface area contributed by atoms with Gasteiger partial charge in [-0.3, -0.25) is 9.59 Å². The van der Waals surface area contributed by atoms with E-state index in [1.54, 1.807) is 35.2 Å². The highest BCUT2D eigenvalue weighted by molar-refractivity contribution is 6.42. The number of nitrogens with zero attached hydrogens (tertiary/aromatic N) is 1. The molecule has 3 rings (SSSR count). The number of nitrogens with one attached hydrogen (secondary N) is 1.